The lowest BCUT2D eigenvalue weighted by molar-refractivity contribution is -0.0487. The smallest absolute Gasteiger partial charge is 0.192 e. The van der Waals surface area contributed by atoms with Crippen LogP contribution in [0.4, 0.5) is 13.2 Å². The fourth-order valence-electron chi connectivity index (χ4n) is 0.0357. The Morgan fingerprint density at radius 2 is 1.67 bits per heavy atom. The molecule has 0 radical (unpaired) electrons. The topological polar surface area (TPSA) is 43.4 Å². The van der Waals surface area contributed by atoms with Crippen molar-refractivity contribution < 1.29 is 24.1 Å². The third-order valence-corrected chi connectivity index (χ3v) is 2.52. The van der Waals surface area contributed by atoms with E-state index in [0.717, 1.165) is 0 Å². The second-order valence-electron chi connectivity index (χ2n) is 0.963. The van der Waals surface area contributed by atoms with Gasteiger partial charge < -0.3 is 0 Å². The molecule has 0 spiro atoms. The van der Waals surface area contributed by atoms with E-state index in [2.05, 4.69) is 2.51 Å². The molecule has 8 heteroatoms. The molecule has 0 aliphatic rings. The van der Waals surface area contributed by atoms with Crippen molar-refractivity contribution in [2.24, 2.45) is 0 Å². The Labute approximate surface area is 63.0 Å². The summed E-state index contributed by atoms with van der Waals surface area (Å²) in [5.41, 5.74) is -5.31. The molecule has 56 valence electrons. The van der Waals surface area contributed by atoms with Crippen molar-refractivity contribution >= 4 is 33.1 Å². The van der Waals surface area contributed by atoms with E-state index in [-0.39, 0.29) is 0 Å². The maximum atomic E-state index is 11.1. The molecule has 0 unspecified atom stereocenters. The Bertz CT molecular complexity index is 180. The van der Waals surface area contributed by atoms with Crippen molar-refractivity contribution in [2.45, 2.75) is 5.51 Å². The van der Waals surface area contributed by atoms with Gasteiger partial charge in [-0.15, -0.1) is 0 Å². The molecule has 0 saturated heterocycles. The van der Waals surface area contributed by atoms with Gasteiger partial charge >= 0.3 is 15.6 Å². The van der Waals surface area contributed by atoms with Crippen molar-refractivity contribution in [1.29, 1.82) is 0 Å². The maximum absolute atomic E-state index is 11.1. The SMILES string of the molecule is O=S(=O)(OI)C(F)(F)F. The van der Waals surface area contributed by atoms with Gasteiger partial charge in [-0.05, 0) is 0 Å². The zero-order chi connectivity index (χ0) is 7.71. The molecule has 0 aliphatic heterocycles. The van der Waals surface area contributed by atoms with Crippen LogP contribution in [0.3, 0.4) is 0 Å². The van der Waals surface area contributed by atoms with Gasteiger partial charge in [-0.2, -0.15) is 24.1 Å². The first-order valence-corrected chi connectivity index (χ1v) is 3.71. The van der Waals surface area contributed by atoms with Crippen LogP contribution in [0.2, 0.25) is 0 Å². The lowest BCUT2D eigenvalue weighted by atomic mass is 11.6. The lowest BCUT2D eigenvalue weighted by Crippen LogP contribution is -2.22. The highest BCUT2D eigenvalue weighted by molar-refractivity contribution is 14.1. The number of rotatable bonds is 1. The van der Waals surface area contributed by atoms with Gasteiger partial charge in [-0.1, -0.05) is 0 Å². The lowest BCUT2D eigenvalue weighted by Gasteiger charge is -2.01. The summed E-state index contributed by atoms with van der Waals surface area (Å²) in [6, 6.07) is 0. The van der Waals surface area contributed by atoms with Crippen LogP contribution >= 0.6 is 23.0 Å². The molecule has 0 fully saturated rings. The number of hydrogen-bond donors (Lipinski definition) is 0. The van der Waals surface area contributed by atoms with Crippen LogP contribution in [-0.2, 0) is 12.6 Å². The largest absolute Gasteiger partial charge is 0.523 e. The zero-order valence-corrected chi connectivity index (χ0v) is 6.62. The Morgan fingerprint density at radius 3 is 1.67 bits per heavy atom. The molecular weight excluding hydrogens is 276 g/mol. The quantitative estimate of drug-likeness (QED) is 0.534. The average Bonchev–Trinajstić information content (AvgIpc) is 1.64. The Kier molecular flexibility index (Phi) is 2.70. The van der Waals surface area contributed by atoms with Crippen molar-refractivity contribution in [3.05, 3.63) is 0 Å². The zero-order valence-electron chi connectivity index (χ0n) is 3.64. The molecule has 0 amide bonds. The molecule has 0 atom stereocenters. The number of alkyl halides is 3. The summed E-state index contributed by atoms with van der Waals surface area (Å²) in [7, 11) is -5.35. The third-order valence-electron chi connectivity index (χ3n) is 0.366. The summed E-state index contributed by atoms with van der Waals surface area (Å²) in [5, 5.41) is 0. The first kappa shape index (κ1) is 9.43. The minimum Gasteiger partial charge on any atom is -0.192 e. The molecule has 0 bridgehead atoms. The van der Waals surface area contributed by atoms with Gasteiger partial charge in [0.1, 0.15) is 23.0 Å². The van der Waals surface area contributed by atoms with Crippen LogP contribution < -0.4 is 0 Å². The van der Waals surface area contributed by atoms with Crippen LogP contribution in [0.15, 0.2) is 0 Å². The van der Waals surface area contributed by atoms with Crippen molar-refractivity contribution in [3.8, 4) is 0 Å². The van der Waals surface area contributed by atoms with Crippen LogP contribution in [0, 0.1) is 0 Å². The van der Waals surface area contributed by atoms with Gasteiger partial charge in [0.2, 0.25) is 0 Å². The van der Waals surface area contributed by atoms with Crippen LogP contribution in [0.25, 0.3) is 0 Å². The number of halogens is 4. The summed E-state index contributed by atoms with van der Waals surface area (Å²) < 4.78 is 55.8. The molecule has 0 aromatic heterocycles. The third kappa shape index (κ3) is 2.26. The molecule has 0 rings (SSSR count). The van der Waals surface area contributed by atoms with Crippen LogP contribution in [-0.4, -0.2) is 13.9 Å². The molecular formula is CF3IO3S. The Morgan fingerprint density at radius 1 is 1.33 bits per heavy atom. The average molecular weight is 276 g/mol. The van der Waals surface area contributed by atoms with E-state index in [1.165, 1.54) is 0 Å². The normalized spacial score (nSPS) is 13.8. The monoisotopic (exact) mass is 276 g/mol. The first-order valence-electron chi connectivity index (χ1n) is 1.43. The summed E-state index contributed by atoms with van der Waals surface area (Å²) >= 11 is 0.647. The highest BCUT2D eigenvalue weighted by atomic mass is 127. The predicted octanol–water partition coefficient (Wildman–Crippen LogP) is 1.20. The highest BCUT2D eigenvalue weighted by Gasteiger charge is 2.47. The van der Waals surface area contributed by atoms with E-state index in [9.17, 15) is 21.6 Å². The van der Waals surface area contributed by atoms with Crippen molar-refractivity contribution in [2.75, 3.05) is 0 Å². The summed E-state index contributed by atoms with van der Waals surface area (Å²) in [4.78, 5) is 0. The molecule has 0 N–H and O–H groups in total. The minimum absolute atomic E-state index is 0.647. The van der Waals surface area contributed by atoms with E-state index in [1.807, 2.05) is 0 Å². The fourth-order valence-corrected chi connectivity index (χ4v) is 0.719. The van der Waals surface area contributed by atoms with Gasteiger partial charge in [0.25, 0.3) is 0 Å². The fraction of sp³-hybridized carbons (Fsp3) is 1.00. The molecule has 0 heterocycles. The summed E-state index contributed by atoms with van der Waals surface area (Å²) in [6.07, 6.45) is 0. The first-order chi connectivity index (χ1) is 3.81. The Hall–Kier alpha value is 0.430. The minimum atomic E-state index is -5.35. The highest BCUT2D eigenvalue weighted by Crippen LogP contribution is 2.25. The van der Waals surface area contributed by atoms with Gasteiger partial charge in [0.15, 0.2) is 0 Å². The maximum Gasteiger partial charge on any atom is 0.523 e. The van der Waals surface area contributed by atoms with Gasteiger partial charge in [-0.3, -0.25) is 0 Å². The second kappa shape index (κ2) is 2.58. The summed E-state index contributed by atoms with van der Waals surface area (Å²) in [6.45, 7) is 0. The molecule has 0 saturated carbocycles. The van der Waals surface area contributed by atoms with E-state index in [4.69, 9.17) is 0 Å². The molecule has 0 aliphatic carbocycles. The summed E-state index contributed by atoms with van der Waals surface area (Å²) in [5.74, 6) is 0. The Balaban J connectivity index is 4.57. The van der Waals surface area contributed by atoms with Gasteiger partial charge in [0, 0.05) is 0 Å². The molecule has 0 aromatic rings. The molecule has 9 heavy (non-hydrogen) atoms. The van der Waals surface area contributed by atoms with Crippen molar-refractivity contribution in [3.63, 3.8) is 0 Å². The standard InChI is InChI=1S/CF3IO3S/c2-1(3,4)9(6,7)8-5. The van der Waals surface area contributed by atoms with Gasteiger partial charge in [0.05, 0.1) is 0 Å². The van der Waals surface area contributed by atoms with Crippen molar-refractivity contribution in [1.82, 2.24) is 0 Å². The number of hydrogen-bond acceptors (Lipinski definition) is 3. The molecule has 3 nitrogen and oxygen atoms in total. The molecule has 0 aromatic carbocycles. The second-order valence-corrected chi connectivity index (χ2v) is 3.54. The van der Waals surface area contributed by atoms with E-state index >= 15 is 0 Å². The van der Waals surface area contributed by atoms with E-state index in [0.29, 0.717) is 23.0 Å². The van der Waals surface area contributed by atoms with Crippen LogP contribution in [0.5, 0.6) is 0 Å². The van der Waals surface area contributed by atoms with E-state index in [1.54, 1.807) is 0 Å². The van der Waals surface area contributed by atoms with Crippen LogP contribution in [0.1, 0.15) is 0 Å². The van der Waals surface area contributed by atoms with Gasteiger partial charge in [-0.25, -0.2) is 0 Å². The van der Waals surface area contributed by atoms with E-state index < -0.39 is 15.6 Å². The predicted molar refractivity (Wildman–Crippen MR) is 30.1 cm³/mol.